The molecule has 0 saturated heterocycles. The zero-order valence-corrected chi connectivity index (χ0v) is 13.3. The van der Waals surface area contributed by atoms with E-state index in [1.807, 2.05) is 24.3 Å². The monoisotopic (exact) mass is 288 g/mol. The van der Waals surface area contributed by atoms with Gasteiger partial charge in [0, 0.05) is 12.6 Å². The second-order valence-electron chi connectivity index (χ2n) is 6.14. The van der Waals surface area contributed by atoms with E-state index in [9.17, 15) is 4.79 Å². The fourth-order valence-electron chi connectivity index (χ4n) is 1.84. The number of hydrogen-bond acceptors (Lipinski definition) is 3. The largest absolute Gasteiger partial charge is 0.449 e. The van der Waals surface area contributed by atoms with Gasteiger partial charge in [0.2, 0.25) is 0 Å². The Bertz CT molecular complexity index is 511. The van der Waals surface area contributed by atoms with Gasteiger partial charge in [0.05, 0.1) is 6.54 Å². The minimum atomic E-state index is -0.143. The van der Waals surface area contributed by atoms with Crippen LogP contribution in [0.4, 0.5) is 0 Å². The van der Waals surface area contributed by atoms with Crippen molar-refractivity contribution in [1.82, 2.24) is 5.32 Å². The van der Waals surface area contributed by atoms with Crippen molar-refractivity contribution in [2.45, 2.75) is 27.2 Å². The van der Waals surface area contributed by atoms with Crippen LogP contribution < -0.4 is 5.32 Å². The van der Waals surface area contributed by atoms with E-state index in [1.54, 1.807) is 7.05 Å². The van der Waals surface area contributed by atoms with Crippen LogP contribution in [0, 0.1) is 5.41 Å². The second-order valence-corrected chi connectivity index (χ2v) is 6.14. The minimum absolute atomic E-state index is 0.143. The first-order valence-corrected chi connectivity index (χ1v) is 6.94. The molecule has 0 aliphatic heterocycles. The van der Waals surface area contributed by atoms with Crippen molar-refractivity contribution < 1.29 is 9.53 Å². The minimum Gasteiger partial charge on any atom is -0.449 e. The number of benzene rings is 1. The molecule has 0 radical (unpaired) electrons. The molecular formula is C17H24N2O2. The summed E-state index contributed by atoms with van der Waals surface area (Å²) in [5.41, 5.74) is 2.09. The highest BCUT2D eigenvalue weighted by molar-refractivity contribution is 5.94. The summed E-state index contributed by atoms with van der Waals surface area (Å²) in [5, 5.41) is 2.75. The first-order valence-electron chi connectivity index (χ1n) is 6.94. The highest BCUT2D eigenvalue weighted by atomic mass is 16.5. The molecule has 0 spiro atoms. The molecule has 0 unspecified atom stereocenters. The number of ether oxygens (including phenoxy) is 1. The Morgan fingerprint density at radius 3 is 2.48 bits per heavy atom. The zero-order chi connectivity index (χ0) is 15.9. The Balaban J connectivity index is 2.53. The van der Waals surface area contributed by atoms with Crippen molar-refractivity contribution in [1.29, 1.82) is 0 Å². The fraction of sp³-hybridized carbons (Fsp3) is 0.412. The first-order chi connectivity index (χ1) is 9.81. The van der Waals surface area contributed by atoms with Crippen LogP contribution in [0.15, 0.2) is 41.6 Å². The van der Waals surface area contributed by atoms with Gasteiger partial charge in [0.25, 0.3) is 5.91 Å². The van der Waals surface area contributed by atoms with E-state index in [0.717, 1.165) is 6.42 Å². The van der Waals surface area contributed by atoms with Crippen LogP contribution in [0.1, 0.15) is 36.7 Å². The summed E-state index contributed by atoms with van der Waals surface area (Å²) in [7, 11) is 1.60. The molecule has 21 heavy (non-hydrogen) atoms. The smallest absolute Gasteiger partial charge is 0.251 e. The molecular weight excluding hydrogens is 264 g/mol. The van der Waals surface area contributed by atoms with Crippen molar-refractivity contribution in [3.05, 3.63) is 47.7 Å². The van der Waals surface area contributed by atoms with Crippen LogP contribution in [0.5, 0.6) is 0 Å². The lowest BCUT2D eigenvalue weighted by molar-refractivity contribution is 0.0953. The lowest BCUT2D eigenvalue weighted by Gasteiger charge is -2.18. The van der Waals surface area contributed by atoms with Gasteiger partial charge in [-0.15, -0.1) is 0 Å². The molecule has 0 heterocycles. The summed E-state index contributed by atoms with van der Waals surface area (Å²) >= 11 is 0. The molecule has 0 aliphatic rings. The second kappa shape index (κ2) is 7.62. The van der Waals surface area contributed by atoms with Crippen LogP contribution in [-0.4, -0.2) is 25.9 Å². The third-order valence-corrected chi connectivity index (χ3v) is 2.72. The number of nitrogens with zero attached hydrogens (tertiary/aromatic N) is 1. The average molecular weight is 288 g/mol. The third-order valence-electron chi connectivity index (χ3n) is 2.72. The molecule has 0 saturated carbocycles. The molecule has 1 aromatic rings. The van der Waals surface area contributed by atoms with Gasteiger partial charge >= 0.3 is 0 Å². The van der Waals surface area contributed by atoms with Crippen LogP contribution in [0.3, 0.4) is 0 Å². The highest BCUT2D eigenvalue weighted by Crippen LogP contribution is 2.20. The lowest BCUT2D eigenvalue weighted by atomic mass is 9.88. The Labute approximate surface area is 126 Å². The van der Waals surface area contributed by atoms with Crippen molar-refractivity contribution >= 4 is 12.3 Å². The number of rotatable bonds is 6. The number of carbonyl (C=O) groups is 1. The van der Waals surface area contributed by atoms with Crippen molar-refractivity contribution in [3.8, 4) is 0 Å². The lowest BCUT2D eigenvalue weighted by Crippen LogP contribution is -2.26. The maximum Gasteiger partial charge on any atom is 0.251 e. The number of hydrogen-bond donors (Lipinski definition) is 1. The van der Waals surface area contributed by atoms with Crippen LogP contribution in [0.2, 0.25) is 0 Å². The molecule has 1 rings (SSSR count). The van der Waals surface area contributed by atoms with E-state index >= 15 is 0 Å². The van der Waals surface area contributed by atoms with Gasteiger partial charge in [-0.3, -0.25) is 9.79 Å². The molecule has 1 amide bonds. The van der Waals surface area contributed by atoms with Crippen LogP contribution in [-0.2, 0) is 11.2 Å². The summed E-state index contributed by atoms with van der Waals surface area (Å²) in [6, 6.07) is 7.67. The summed E-state index contributed by atoms with van der Waals surface area (Å²) in [6.07, 6.45) is 2.27. The molecule has 1 N–H and O–H groups in total. The summed E-state index contributed by atoms with van der Waals surface area (Å²) in [5.74, 6) is 0.300. The van der Waals surface area contributed by atoms with E-state index in [-0.39, 0.29) is 17.9 Å². The van der Waals surface area contributed by atoms with Gasteiger partial charge in [0.1, 0.15) is 5.76 Å². The van der Waals surface area contributed by atoms with E-state index in [1.165, 1.54) is 12.0 Å². The normalized spacial score (nSPS) is 11.4. The predicted octanol–water partition coefficient (Wildman–Crippen LogP) is 3.19. The molecule has 1 aromatic carbocycles. The first kappa shape index (κ1) is 17.0. The SMILES string of the molecule is C=C(CNC(=O)c1ccc(CC(C)(C)C)cc1)OC=NC. The van der Waals surface area contributed by atoms with Gasteiger partial charge in [-0.1, -0.05) is 39.5 Å². The molecule has 4 nitrogen and oxygen atoms in total. The highest BCUT2D eigenvalue weighted by Gasteiger charge is 2.12. The summed E-state index contributed by atoms with van der Waals surface area (Å²) in [4.78, 5) is 15.7. The molecule has 0 bridgehead atoms. The Hall–Kier alpha value is -2.10. The van der Waals surface area contributed by atoms with Gasteiger partial charge in [-0.05, 0) is 29.5 Å². The average Bonchev–Trinajstić information content (AvgIpc) is 2.41. The van der Waals surface area contributed by atoms with Gasteiger partial charge < -0.3 is 10.1 Å². The topological polar surface area (TPSA) is 50.7 Å². The maximum atomic E-state index is 12.0. The third kappa shape index (κ3) is 6.75. The summed E-state index contributed by atoms with van der Waals surface area (Å²) < 4.78 is 5.05. The number of carbonyl (C=O) groups excluding carboxylic acids is 1. The number of aliphatic imine (C=N–C) groups is 1. The zero-order valence-electron chi connectivity index (χ0n) is 13.3. The molecule has 0 aliphatic carbocycles. The van der Waals surface area contributed by atoms with Gasteiger partial charge in [0.15, 0.2) is 6.40 Å². The van der Waals surface area contributed by atoms with Crippen molar-refractivity contribution in [3.63, 3.8) is 0 Å². The van der Waals surface area contributed by atoms with E-state index in [4.69, 9.17) is 4.74 Å². The van der Waals surface area contributed by atoms with Crippen LogP contribution in [0.25, 0.3) is 0 Å². The standard InChI is InChI=1S/C17H24N2O2/c1-13(21-12-18-5)11-19-16(20)15-8-6-14(7-9-15)10-17(2,3)4/h6-9,12H,1,10-11H2,2-5H3,(H,19,20). The van der Waals surface area contributed by atoms with Gasteiger partial charge in [-0.25, -0.2) is 0 Å². The van der Waals surface area contributed by atoms with Crippen molar-refractivity contribution in [2.24, 2.45) is 10.4 Å². The predicted molar refractivity (Wildman–Crippen MR) is 86.6 cm³/mol. The molecule has 0 fully saturated rings. The Morgan fingerprint density at radius 2 is 1.95 bits per heavy atom. The maximum absolute atomic E-state index is 12.0. The molecule has 114 valence electrons. The fourth-order valence-corrected chi connectivity index (χ4v) is 1.84. The Morgan fingerprint density at radius 1 is 1.33 bits per heavy atom. The molecule has 0 aromatic heterocycles. The van der Waals surface area contributed by atoms with Crippen molar-refractivity contribution in [2.75, 3.05) is 13.6 Å². The summed E-state index contributed by atoms with van der Waals surface area (Å²) in [6.45, 7) is 10.5. The van der Waals surface area contributed by atoms with E-state index in [0.29, 0.717) is 11.3 Å². The van der Waals surface area contributed by atoms with E-state index in [2.05, 4.69) is 37.7 Å². The Kier molecular flexibility index (Phi) is 6.15. The quantitative estimate of drug-likeness (QED) is 0.496. The molecule has 0 atom stereocenters. The van der Waals surface area contributed by atoms with Crippen LogP contribution >= 0.6 is 0 Å². The number of amides is 1. The number of nitrogens with one attached hydrogen (secondary N) is 1. The molecule has 4 heteroatoms. The van der Waals surface area contributed by atoms with Gasteiger partial charge in [-0.2, -0.15) is 0 Å². The van der Waals surface area contributed by atoms with E-state index < -0.39 is 0 Å².